The highest BCUT2D eigenvalue weighted by Gasteiger charge is 2.25. The highest BCUT2D eigenvalue weighted by molar-refractivity contribution is 7.91. The van der Waals surface area contributed by atoms with Crippen molar-refractivity contribution in [3.8, 4) is 11.9 Å². The largest absolute Gasteiger partial charge is 0.489 e. The third-order valence-corrected chi connectivity index (χ3v) is 7.49. The summed E-state index contributed by atoms with van der Waals surface area (Å²) in [5.41, 5.74) is 3.24. The van der Waals surface area contributed by atoms with Crippen LogP contribution in [0.1, 0.15) is 29.0 Å². The maximum atomic E-state index is 13.0. The number of hydrogen-bond acceptors (Lipinski definition) is 6. The molecule has 0 spiro atoms. The lowest BCUT2D eigenvalue weighted by Gasteiger charge is -2.16. The van der Waals surface area contributed by atoms with E-state index in [1.54, 1.807) is 49.5 Å². The number of aliphatic imine (C=N–C) groups is 1. The number of anilines is 1. The molecule has 0 fully saturated rings. The van der Waals surface area contributed by atoms with Gasteiger partial charge in [-0.1, -0.05) is 42.5 Å². The van der Waals surface area contributed by atoms with E-state index >= 15 is 0 Å². The summed E-state index contributed by atoms with van der Waals surface area (Å²) >= 11 is 0. The normalized spacial score (nSPS) is 12.3. The van der Waals surface area contributed by atoms with Crippen LogP contribution in [-0.2, 0) is 21.2 Å². The fourth-order valence-corrected chi connectivity index (χ4v) is 5.28. The van der Waals surface area contributed by atoms with E-state index < -0.39 is 21.7 Å². The van der Waals surface area contributed by atoms with Gasteiger partial charge in [-0.3, -0.25) is 15.1 Å². The predicted octanol–water partition coefficient (Wildman–Crippen LogP) is 4.07. The average molecular weight is 521 g/mol. The van der Waals surface area contributed by atoms with Crippen LogP contribution in [0, 0.1) is 18.4 Å². The molecule has 3 rings (SSSR count). The fourth-order valence-electron chi connectivity index (χ4n) is 3.70. The van der Waals surface area contributed by atoms with Crippen LogP contribution in [0.25, 0.3) is 0 Å². The molecular formula is C27H28N4O5S. The summed E-state index contributed by atoms with van der Waals surface area (Å²) in [6, 6.07) is 20.6. The molecule has 0 heterocycles. The first kappa shape index (κ1) is 27.2. The summed E-state index contributed by atoms with van der Waals surface area (Å²) in [5, 5.41) is 23.6. The molecule has 9 nitrogen and oxygen atoms in total. The van der Waals surface area contributed by atoms with E-state index in [1.807, 2.05) is 31.3 Å². The van der Waals surface area contributed by atoms with Gasteiger partial charge in [0, 0.05) is 18.7 Å². The highest BCUT2D eigenvalue weighted by atomic mass is 32.2. The van der Waals surface area contributed by atoms with Gasteiger partial charge in [0.05, 0.1) is 17.1 Å². The monoisotopic (exact) mass is 520 g/mol. The third kappa shape index (κ3) is 7.81. The zero-order valence-electron chi connectivity index (χ0n) is 20.5. The Morgan fingerprint density at radius 2 is 1.81 bits per heavy atom. The summed E-state index contributed by atoms with van der Waals surface area (Å²) in [6.45, 7) is 2.16. The van der Waals surface area contributed by atoms with Gasteiger partial charge < -0.3 is 15.2 Å². The van der Waals surface area contributed by atoms with Crippen LogP contribution >= 0.6 is 0 Å². The summed E-state index contributed by atoms with van der Waals surface area (Å²) < 4.78 is 31.9. The fraction of sp³-hybridized carbons (Fsp3) is 0.222. The van der Waals surface area contributed by atoms with Crippen LogP contribution in [0.4, 0.5) is 5.69 Å². The van der Waals surface area contributed by atoms with Gasteiger partial charge in [0.1, 0.15) is 12.4 Å². The Morgan fingerprint density at radius 3 is 2.43 bits per heavy atom. The van der Waals surface area contributed by atoms with Crippen LogP contribution in [0.2, 0.25) is 0 Å². The summed E-state index contributed by atoms with van der Waals surface area (Å²) in [6.07, 6.45) is 1.54. The first-order valence-electron chi connectivity index (χ1n) is 11.4. The zero-order valence-corrected chi connectivity index (χ0v) is 21.3. The number of sulfone groups is 1. The van der Waals surface area contributed by atoms with E-state index in [0.717, 1.165) is 16.8 Å². The highest BCUT2D eigenvalue weighted by Crippen LogP contribution is 2.26. The molecule has 0 bridgehead atoms. The molecule has 0 amide bonds. The van der Waals surface area contributed by atoms with Gasteiger partial charge in [-0.25, -0.2) is 8.42 Å². The Morgan fingerprint density at radius 1 is 1.11 bits per heavy atom. The second kappa shape index (κ2) is 12.6. The number of nitriles is 1. The van der Waals surface area contributed by atoms with Gasteiger partial charge in [-0.05, 0) is 53.9 Å². The molecule has 0 saturated heterocycles. The van der Waals surface area contributed by atoms with Crippen LogP contribution in [-0.4, -0.2) is 38.3 Å². The van der Waals surface area contributed by atoms with E-state index in [9.17, 15) is 18.3 Å². The molecular weight excluding hydrogens is 492 g/mol. The van der Waals surface area contributed by atoms with E-state index in [2.05, 4.69) is 15.6 Å². The zero-order chi connectivity index (χ0) is 26.8. The van der Waals surface area contributed by atoms with Gasteiger partial charge in [0.2, 0.25) is 5.96 Å². The number of carbonyl (C=O) groups is 1. The van der Waals surface area contributed by atoms with Crippen molar-refractivity contribution in [1.29, 1.82) is 5.26 Å². The van der Waals surface area contributed by atoms with Gasteiger partial charge in [-0.15, -0.1) is 0 Å². The van der Waals surface area contributed by atoms with Gasteiger partial charge in [-0.2, -0.15) is 5.26 Å². The number of benzene rings is 3. The molecule has 1 unspecified atom stereocenters. The van der Waals surface area contributed by atoms with E-state index in [-0.39, 0.29) is 23.7 Å². The first-order valence-corrected chi connectivity index (χ1v) is 13.1. The summed E-state index contributed by atoms with van der Waals surface area (Å²) in [5.74, 6) is -1.22. The average Bonchev–Trinajstić information content (AvgIpc) is 2.88. The smallest absolute Gasteiger partial charge is 0.303 e. The Hall–Kier alpha value is -4.36. The molecule has 3 aromatic carbocycles. The van der Waals surface area contributed by atoms with Crippen molar-refractivity contribution in [2.45, 2.75) is 30.8 Å². The molecule has 0 aliphatic rings. The van der Waals surface area contributed by atoms with Crippen molar-refractivity contribution in [3.63, 3.8) is 0 Å². The van der Waals surface area contributed by atoms with Crippen molar-refractivity contribution in [2.24, 2.45) is 4.99 Å². The first-order chi connectivity index (χ1) is 17.7. The Bertz CT molecular complexity index is 1400. The minimum atomic E-state index is -3.73. The molecule has 37 heavy (non-hydrogen) atoms. The molecule has 0 aliphatic carbocycles. The van der Waals surface area contributed by atoms with Crippen molar-refractivity contribution in [1.82, 2.24) is 5.32 Å². The second-order valence-corrected chi connectivity index (χ2v) is 10.4. The number of rotatable bonds is 10. The number of hydrogen-bond donors (Lipinski definition) is 3. The Balaban J connectivity index is 1.68. The maximum Gasteiger partial charge on any atom is 0.303 e. The number of nitrogens with zero attached hydrogens (tertiary/aromatic N) is 2. The minimum absolute atomic E-state index is 0.101. The van der Waals surface area contributed by atoms with Crippen molar-refractivity contribution in [3.05, 3.63) is 89.5 Å². The van der Waals surface area contributed by atoms with Crippen LogP contribution in [0.15, 0.2) is 82.7 Å². The van der Waals surface area contributed by atoms with Crippen molar-refractivity contribution >= 4 is 27.5 Å². The third-order valence-electron chi connectivity index (χ3n) is 5.65. The number of ether oxygens (including phenoxy) is 1. The van der Waals surface area contributed by atoms with E-state index in [0.29, 0.717) is 17.3 Å². The number of carboxylic acid groups (broad SMARTS) is 1. The van der Waals surface area contributed by atoms with Gasteiger partial charge in [0.15, 0.2) is 16.0 Å². The number of carboxylic acids is 1. The lowest BCUT2D eigenvalue weighted by atomic mass is 9.98. The molecule has 192 valence electrons. The standard InChI is InChI=1S/C27H28N4O5S/c1-19-8-9-20(14-25(19)31-27(29-2)30-18-28)16-36-23-10-12-24(13-11-23)37(34,35)17-22(15-26(32)33)21-6-4-3-5-7-21/h3-14,22H,15-17H2,1-2H3,(H,32,33)(H2,29,30,31). The maximum absolute atomic E-state index is 13.0. The van der Waals surface area contributed by atoms with Crippen molar-refractivity contribution in [2.75, 3.05) is 18.1 Å². The SMILES string of the molecule is CN=C(NC#N)Nc1cc(COc2ccc(S(=O)(=O)CC(CC(=O)O)c3ccccc3)cc2)ccc1C. The number of nitrogens with one attached hydrogen (secondary N) is 2. The molecule has 3 aromatic rings. The minimum Gasteiger partial charge on any atom is -0.489 e. The van der Waals surface area contributed by atoms with E-state index in [4.69, 9.17) is 10.00 Å². The van der Waals surface area contributed by atoms with Crippen LogP contribution < -0.4 is 15.4 Å². The Labute approximate surface area is 216 Å². The molecule has 0 aliphatic heterocycles. The quantitative estimate of drug-likeness (QED) is 0.157. The molecule has 0 aromatic heterocycles. The molecule has 0 radical (unpaired) electrons. The topological polar surface area (TPSA) is 141 Å². The lowest BCUT2D eigenvalue weighted by Crippen LogP contribution is -2.26. The number of guanidine groups is 1. The Kier molecular flexibility index (Phi) is 9.24. The van der Waals surface area contributed by atoms with E-state index in [1.165, 1.54) is 12.1 Å². The second-order valence-electron chi connectivity index (χ2n) is 8.33. The summed E-state index contributed by atoms with van der Waals surface area (Å²) in [7, 11) is -2.17. The molecule has 1 atom stereocenters. The van der Waals surface area contributed by atoms with Crippen LogP contribution in [0.5, 0.6) is 5.75 Å². The predicted molar refractivity (Wildman–Crippen MR) is 141 cm³/mol. The van der Waals surface area contributed by atoms with Crippen LogP contribution in [0.3, 0.4) is 0 Å². The van der Waals surface area contributed by atoms with Gasteiger partial charge in [0.25, 0.3) is 0 Å². The number of aliphatic carboxylic acids is 1. The van der Waals surface area contributed by atoms with Gasteiger partial charge >= 0.3 is 5.97 Å². The lowest BCUT2D eigenvalue weighted by molar-refractivity contribution is -0.137. The van der Waals surface area contributed by atoms with Crippen molar-refractivity contribution < 1.29 is 23.1 Å². The number of aryl methyl sites for hydroxylation is 1. The summed E-state index contributed by atoms with van der Waals surface area (Å²) in [4.78, 5) is 15.4. The molecule has 0 saturated carbocycles. The molecule has 10 heteroatoms. The molecule has 3 N–H and O–H groups in total.